The molecule has 5 nitrogen and oxygen atoms in total. The predicted molar refractivity (Wildman–Crippen MR) is 76.9 cm³/mol. The second kappa shape index (κ2) is 5.68. The number of nitrogens with zero attached hydrogens (tertiary/aromatic N) is 1. The minimum atomic E-state index is -3.49. The Morgan fingerprint density at radius 1 is 1.26 bits per heavy atom. The second-order valence-corrected chi connectivity index (χ2v) is 6.79. The van der Waals surface area contributed by atoms with E-state index < -0.39 is 10.0 Å². The molecule has 2 aromatic rings. The summed E-state index contributed by atoms with van der Waals surface area (Å²) < 4.78 is 26.7. The molecule has 19 heavy (non-hydrogen) atoms. The van der Waals surface area contributed by atoms with E-state index in [9.17, 15) is 8.42 Å². The van der Waals surface area contributed by atoms with Crippen LogP contribution in [-0.4, -0.2) is 20.4 Å². The summed E-state index contributed by atoms with van der Waals surface area (Å²) in [6.45, 7) is 2.10. The van der Waals surface area contributed by atoms with Crippen molar-refractivity contribution in [2.45, 2.75) is 18.4 Å². The van der Waals surface area contributed by atoms with Crippen molar-refractivity contribution in [1.29, 1.82) is 0 Å². The number of sulfonamides is 1. The minimum Gasteiger partial charge on any atom is -0.388 e. The van der Waals surface area contributed by atoms with E-state index >= 15 is 0 Å². The van der Waals surface area contributed by atoms with Gasteiger partial charge in [0.25, 0.3) is 0 Å². The molecule has 1 heterocycles. The van der Waals surface area contributed by atoms with E-state index in [0.29, 0.717) is 0 Å². The van der Waals surface area contributed by atoms with Gasteiger partial charge in [0.15, 0.2) is 0 Å². The number of thiazole rings is 1. The number of hydrogen-bond acceptors (Lipinski definition) is 5. The predicted octanol–water partition coefficient (Wildman–Crippen LogP) is 1.97. The Balaban J connectivity index is 2.09. The molecule has 0 amide bonds. The van der Waals surface area contributed by atoms with Crippen LogP contribution >= 0.6 is 11.3 Å². The normalized spacial score (nSPS) is 11.5. The van der Waals surface area contributed by atoms with Crippen molar-refractivity contribution in [2.75, 3.05) is 12.4 Å². The van der Waals surface area contributed by atoms with Gasteiger partial charge in [-0.3, -0.25) is 0 Å². The molecule has 0 saturated carbocycles. The molecule has 0 aliphatic heterocycles. The number of hydrogen-bond donors (Lipinski definition) is 2. The SMILES string of the molecule is CNc1ccc(S(=O)(=O)NCc2csc(C)n2)cc1. The van der Waals surface area contributed by atoms with Gasteiger partial charge in [0.2, 0.25) is 10.0 Å². The number of benzene rings is 1. The maximum Gasteiger partial charge on any atom is 0.240 e. The van der Waals surface area contributed by atoms with Crippen LogP contribution < -0.4 is 10.0 Å². The van der Waals surface area contributed by atoms with Gasteiger partial charge in [0, 0.05) is 18.1 Å². The first-order valence-electron chi connectivity index (χ1n) is 5.70. The maximum atomic E-state index is 12.1. The third kappa shape index (κ3) is 3.52. The fourth-order valence-electron chi connectivity index (χ4n) is 1.54. The topological polar surface area (TPSA) is 71.1 Å². The standard InChI is InChI=1S/C12H15N3O2S2/c1-9-15-11(8-18-9)7-14-19(16,17)12-5-3-10(13-2)4-6-12/h3-6,8,13-14H,7H2,1-2H3. The maximum absolute atomic E-state index is 12.1. The summed E-state index contributed by atoms with van der Waals surface area (Å²) in [6.07, 6.45) is 0. The first kappa shape index (κ1) is 14.0. The molecule has 102 valence electrons. The zero-order valence-electron chi connectivity index (χ0n) is 10.7. The van der Waals surface area contributed by atoms with Crippen LogP contribution in [0.4, 0.5) is 5.69 Å². The molecule has 0 atom stereocenters. The summed E-state index contributed by atoms with van der Waals surface area (Å²) in [5, 5.41) is 5.72. The first-order valence-corrected chi connectivity index (χ1v) is 8.06. The highest BCUT2D eigenvalue weighted by atomic mass is 32.2. The van der Waals surface area contributed by atoms with Gasteiger partial charge >= 0.3 is 0 Å². The van der Waals surface area contributed by atoms with Crippen LogP contribution in [0.25, 0.3) is 0 Å². The van der Waals surface area contributed by atoms with Gasteiger partial charge < -0.3 is 5.32 Å². The van der Waals surface area contributed by atoms with Crippen LogP contribution in [-0.2, 0) is 16.6 Å². The largest absolute Gasteiger partial charge is 0.388 e. The van der Waals surface area contributed by atoms with E-state index in [0.717, 1.165) is 16.4 Å². The fourth-order valence-corrected chi connectivity index (χ4v) is 3.15. The highest BCUT2D eigenvalue weighted by molar-refractivity contribution is 7.89. The molecule has 2 rings (SSSR count). The van der Waals surface area contributed by atoms with Crippen molar-refractivity contribution in [3.05, 3.63) is 40.3 Å². The third-order valence-corrected chi connectivity index (χ3v) is 4.80. The summed E-state index contributed by atoms with van der Waals surface area (Å²) in [5.74, 6) is 0. The average molecular weight is 297 g/mol. The molecular weight excluding hydrogens is 282 g/mol. The summed E-state index contributed by atoms with van der Waals surface area (Å²) in [6, 6.07) is 6.59. The molecule has 0 spiro atoms. The molecule has 0 aliphatic rings. The molecule has 0 aliphatic carbocycles. The zero-order valence-corrected chi connectivity index (χ0v) is 12.3. The first-order chi connectivity index (χ1) is 9.01. The molecule has 0 fully saturated rings. The van der Waals surface area contributed by atoms with Crippen molar-refractivity contribution in [2.24, 2.45) is 0 Å². The van der Waals surface area contributed by atoms with Crippen molar-refractivity contribution < 1.29 is 8.42 Å². The summed E-state index contributed by atoms with van der Waals surface area (Å²) in [5.41, 5.74) is 1.60. The number of rotatable bonds is 5. The molecular formula is C12H15N3O2S2. The number of nitrogens with one attached hydrogen (secondary N) is 2. The Morgan fingerprint density at radius 3 is 2.47 bits per heavy atom. The van der Waals surface area contributed by atoms with E-state index in [1.165, 1.54) is 11.3 Å². The Kier molecular flexibility index (Phi) is 4.18. The fraction of sp³-hybridized carbons (Fsp3) is 0.250. The lowest BCUT2D eigenvalue weighted by molar-refractivity contribution is 0.580. The molecule has 2 N–H and O–H groups in total. The van der Waals surface area contributed by atoms with Crippen molar-refractivity contribution in [3.63, 3.8) is 0 Å². The Morgan fingerprint density at radius 2 is 1.95 bits per heavy atom. The molecule has 1 aromatic carbocycles. The Hall–Kier alpha value is -1.44. The van der Waals surface area contributed by atoms with Crippen LogP contribution in [0, 0.1) is 6.92 Å². The van der Waals surface area contributed by atoms with Crippen LogP contribution in [0.5, 0.6) is 0 Å². The number of aryl methyl sites for hydroxylation is 1. The second-order valence-electron chi connectivity index (χ2n) is 3.96. The Labute approximate surface area is 116 Å². The van der Waals surface area contributed by atoms with E-state index in [-0.39, 0.29) is 11.4 Å². The minimum absolute atomic E-state index is 0.209. The molecule has 0 unspecified atom stereocenters. The molecule has 0 saturated heterocycles. The van der Waals surface area contributed by atoms with Crippen LogP contribution in [0.3, 0.4) is 0 Å². The van der Waals surface area contributed by atoms with E-state index in [1.54, 1.807) is 31.3 Å². The van der Waals surface area contributed by atoms with Crippen LogP contribution in [0.2, 0.25) is 0 Å². The van der Waals surface area contributed by atoms with Crippen LogP contribution in [0.1, 0.15) is 10.7 Å². The van der Waals surface area contributed by atoms with Gasteiger partial charge in [-0.15, -0.1) is 11.3 Å². The van der Waals surface area contributed by atoms with Crippen molar-refractivity contribution >= 4 is 27.0 Å². The van der Waals surface area contributed by atoms with Gasteiger partial charge in [-0.25, -0.2) is 18.1 Å². The summed E-state index contributed by atoms with van der Waals surface area (Å²) in [4.78, 5) is 4.46. The van der Waals surface area contributed by atoms with Crippen LogP contribution in [0.15, 0.2) is 34.5 Å². The molecule has 0 bridgehead atoms. The lowest BCUT2D eigenvalue weighted by atomic mass is 10.3. The van der Waals surface area contributed by atoms with E-state index in [4.69, 9.17) is 0 Å². The van der Waals surface area contributed by atoms with Gasteiger partial charge in [-0.1, -0.05) is 0 Å². The molecule has 7 heteroatoms. The van der Waals surface area contributed by atoms with Crippen molar-refractivity contribution in [1.82, 2.24) is 9.71 Å². The number of anilines is 1. The zero-order chi connectivity index (χ0) is 13.9. The van der Waals surface area contributed by atoms with Crippen molar-refractivity contribution in [3.8, 4) is 0 Å². The average Bonchev–Trinajstić information content (AvgIpc) is 2.82. The van der Waals surface area contributed by atoms with Gasteiger partial charge in [0.05, 0.1) is 22.1 Å². The molecule has 0 radical (unpaired) electrons. The number of aromatic nitrogens is 1. The third-order valence-electron chi connectivity index (χ3n) is 2.56. The van der Waals surface area contributed by atoms with Gasteiger partial charge in [-0.05, 0) is 31.2 Å². The quantitative estimate of drug-likeness (QED) is 0.885. The van der Waals surface area contributed by atoms with Gasteiger partial charge in [0.1, 0.15) is 0 Å². The summed E-state index contributed by atoms with van der Waals surface area (Å²) >= 11 is 1.50. The summed E-state index contributed by atoms with van der Waals surface area (Å²) in [7, 11) is -1.70. The lowest BCUT2D eigenvalue weighted by Crippen LogP contribution is -2.23. The smallest absolute Gasteiger partial charge is 0.240 e. The highest BCUT2D eigenvalue weighted by Gasteiger charge is 2.14. The van der Waals surface area contributed by atoms with E-state index in [1.807, 2.05) is 12.3 Å². The Bertz CT molecular complexity index is 648. The van der Waals surface area contributed by atoms with E-state index in [2.05, 4.69) is 15.0 Å². The molecule has 1 aromatic heterocycles. The lowest BCUT2D eigenvalue weighted by Gasteiger charge is -2.06. The monoisotopic (exact) mass is 297 g/mol. The highest BCUT2D eigenvalue weighted by Crippen LogP contribution is 2.14. The van der Waals surface area contributed by atoms with Gasteiger partial charge in [-0.2, -0.15) is 0 Å².